The quantitative estimate of drug-likeness (QED) is 0.905. The average molecular weight is 322 g/mol. The van der Waals surface area contributed by atoms with Crippen LogP contribution in [0.5, 0.6) is 0 Å². The molecule has 0 saturated heterocycles. The predicted octanol–water partition coefficient (Wildman–Crippen LogP) is 3.38. The SMILES string of the molecule is CC(=O)C1=C(C)OC(N)=C(C#N)C1c1ccccc1C(F)(F)F. The maximum absolute atomic E-state index is 13.3. The van der Waals surface area contributed by atoms with Gasteiger partial charge >= 0.3 is 6.18 Å². The summed E-state index contributed by atoms with van der Waals surface area (Å²) in [6, 6.07) is 6.56. The third kappa shape index (κ3) is 2.93. The molecule has 2 N–H and O–H groups in total. The van der Waals surface area contributed by atoms with E-state index in [1.165, 1.54) is 32.0 Å². The lowest BCUT2D eigenvalue weighted by atomic mass is 9.79. The van der Waals surface area contributed by atoms with Gasteiger partial charge in [0.15, 0.2) is 5.78 Å². The van der Waals surface area contributed by atoms with Crippen LogP contribution in [0.2, 0.25) is 0 Å². The number of Topliss-reactive ketones (excluding diaryl/α,β-unsaturated/α-hetero) is 1. The van der Waals surface area contributed by atoms with Crippen LogP contribution in [-0.4, -0.2) is 5.78 Å². The highest BCUT2D eigenvalue weighted by Crippen LogP contribution is 2.44. The van der Waals surface area contributed by atoms with E-state index < -0.39 is 23.4 Å². The van der Waals surface area contributed by atoms with E-state index >= 15 is 0 Å². The zero-order chi connectivity index (χ0) is 17.4. The molecule has 0 aliphatic carbocycles. The van der Waals surface area contributed by atoms with E-state index in [2.05, 4.69) is 0 Å². The highest BCUT2D eigenvalue weighted by molar-refractivity contribution is 5.96. The predicted molar refractivity (Wildman–Crippen MR) is 75.5 cm³/mol. The molecular formula is C16H13F3N2O2. The van der Waals surface area contributed by atoms with Crippen molar-refractivity contribution >= 4 is 5.78 Å². The van der Waals surface area contributed by atoms with Gasteiger partial charge in [-0.1, -0.05) is 18.2 Å². The summed E-state index contributed by atoms with van der Waals surface area (Å²) in [5.74, 6) is -1.89. The summed E-state index contributed by atoms with van der Waals surface area (Å²) in [6.45, 7) is 2.64. The first-order valence-corrected chi connectivity index (χ1v) is 6.63. The third-order valence-corrected chi connectivity index (χ3v) is 3.56. The van der Waals surface area contributed by atoms with Crippen molar-refractivity contribution in [1.29, 1.82) is 5.26 Å². The van der Waals surface area contributed by atoms with Crippen LogP contribution in [0.4, 0.5) is 13.2 Å². The molecule has 23 heavy (non-hydrogen) atoms. The summed E-state index contributed by atoms with van der Waals surface area (Å²) >= 11 is 0. The molecule has 1 aliphatic rings. The van der Waals surface area contributed by atoms with Gasteiger partial charge in [0.1, 0.15) is 17.4 Å². The minimum absolute atomic E-state index is 0.00699. The number of alkyl halides is 3. The molecule has 1 aromatic carbocycles. The lowest BCUT2D eigenvalue weighted by Gasteiger charge is -2.28. The second-order valence-electron chi connectivity index (χ2n) is 5.04. The Morgan fingerprint density at radius 3 is 2.48 bits per heavy atom. The molecule has 1 atom stereocenters. The summed E-state index contributed by atoms with van der Waals surface area (Å²) in [6.07, 6.45) is -4.62. The fraction of sp³-hybridized carbons (Fsp3) is 0.250. The molecule has 0 spiro atoms. The lowest BCUT2D eigenvalue weighted by Crippen LogP contribution is -2.25. The minimum atomic E-state index is -4.62. The lowest BCUT2D eigenvalue weighted by molar-refractivity contribution is -0.138. The van der Waals surface area contributed by atoms with Gasteiger partial charge in [-0.2, -0.15) is 18.4 Å². The van der Waals surface area contributed by atoms with Crippen LogP contribution in [0.3, 0.4) is 0 Å². The van der Waals surface area contributed by atoms with Crippen LogP contribution >= 0.6 is 0 Å². The second-order valence-corrected chi connectivity index (χ2v) is 5.04. The van der Waals surface area contributed by atoms with Crippen molar-refractivity contribution < 1.29 is 22.7 Å². The molecule has 0 saturated carbocycles. The van der Waals surface area contributed by atoms with E-state index in [1.54, 1.807) is 6.07 Å². The van der Waals surface area contributed by atoms with Crippen molar-refractivity contribution in [2.75, 3.05) is 0 Å². The van der Waals surface area contributed by atoms with Gasteiger partial charge in [-0.25, -0.2) is 0 Å². The minimum Gasteiger partial charge on any atom is -0.445 e. The van der Waals surface area contributed by atoms with Crippen LogP contribution in [0, 0.1) is 11.3 Å². The smallest absolute Gasteiger partial charge is 0.416 e. The number of benzene rings is 1. The molecule has 0 radical (unpaired) electrons. The van der Waals surface area contributed by atoms with Crippen molar-refractivity contribution in [3.05, 3.63) is 58.2 Å². The second kappa shape index (κ2) is 5.80. The number of hydrogen-bond acceptors (Lipinski definition) is 4. The number of hydrogen-bond donors (Lipinski definition) is 1. The number of rotatable bonds is 2. The molecule has 7 heteroatoms. The monoisotopic (exact) mass is 322 g/mol. The number of halogens is 3. The van der Waals surface area contributed by atoms with E-state index in [9.17, 15) is 23.2 Å². The fourth-order valence-electron chi connectivity index (χ4n) is 2.65. The van der Waals surface area contributed by atoms with Gasteiger partial charge in [-0.15, -0.1) is 0 Å². The Morgan fingerprint density at radius 2 is 1.96 bits per heavy atom. The summed E-state index contributed by atoms with van der Waals surface area (Å²) in [5, 5.41) is 9.29. The molecular weight excluding hydrogens is 309 g/mol. The van der Waals surface area contributed by atoms with Crippen molar-refractivity contribution in [2.24, 2.45) is 5.73 Å². The number of carbonyl (C=O) groups excluding carboxylic acids is 1. The topological polar surface area (TPSA) is 76.1 Å². The van der Waals surface area contributed by atoms with E-state index in [4.69, 9.17) is 10.5 Å². The molecule has 2 rings (SSSR count). The first-order valence-electron chi connectivity index (χ1n) is 6.63. The van der Waals surface area contributed by atoms with E-state index in [1.807, 2.05) is 0 Å². The Hall–Kier alpha value is -2.75. The van der Waals surface area contributed by atoms with Gasteiger partial charge in [0, 0.05) is 5.57 Å². The Kier molecular flexibility index (Phi) is 4.19. The highest BCUT2D eigenvalue weighted by Gasteiger charge is 2.40. The zero-order valence-corrected chi connectivity index (χ0v) is 12.4. The molecule has 0 amide bonds. The summed E-state index contributed by atoms with van der Waals surface area (Å²) in [5.41, 5.74) is 4.30. The Morgan fingerprint density at radius 1 is 1.35 bits per heavy atom. The molecule has 1 heterocycles. The zero-order valence-electron chi connectivity index (χ0n) is 12.4. The Bertz CT molecular complexity index is 770. The first-order chi connectivity index (χ1) is 10.7. The largest absolute Gasteiger partial charge is 0.445 e. The van der Waals surface area contributed by atoms with Crippen molar-refractivity contribution in [3.8, 4) is 6.07 Å². The van der Waals surface area contributed by atoms with E-state index in [-0.39, 0.29) is 28.4 Å². The highest BCUT2D eigenvalue weighted by atomic mass is 19.4. The fourth-order valence-corrected chi connectivity index (χ4v) is 2.65. The van der Waals surface area contributed by atoms with Crippen LogP contribution in [-0.2, 0) is 15.7 Å². The molecule has 1 unspecified atom stereocenters. The van der Waals surface area contributed by atoms with Crippen LogP contribution < -0.4 is 5.73 Å². The standard InChI is InChI=1S/C16H13F3N2O2/c1-8(22)13-9(2)23-15(21)11(7-20)14(13)10-5-3-4-6-12(10)16(17,18)19/h3-6,14H,21H2,1-2H3. The van der Waals surface area contributed by atoms with Gasteiger partial charge in [-0.3, -0.25) is 4.79 Å². The number of allylic oxidation sites excluding steroid dienone is 3. The third-order valence-electron chi connectivity index (χ3n) is 3.56. The molecule has 120 valence electrons. The number of ketones is 1. The van der Waals surface area contributed by atoms with Gasteiger partial charge in [0.2, 0.25) is 5.88 Å². The molecule has 1 aliphatic heterocycles. The van der Waals surface area contributed by atoms with Crippen LogP contribution in [0.25, 0.3) is 0 Å². The molecule has 0 aromatic heterocycles. The number of nitriles is 1. The first kappa shape index (κ1) is 16.6. The number of nitrogens with two attached hydrogens (primary N) is 1. The summed E-state index contributed by atoms with van der Waals surface area (Å²) < 4.78 is 45.0. The van der Waals surface area contributed by atoms with Crippen LogP contribution in [0.1, 0.15) is 30.9 Å². The number of ether oxygens (including phenoxy) is 1. The van der Waals surface area contributed by atoms with Gasteiger partial charge in [-0.05, 0) is 25.5 Å². The number of carbonyl (C=O) groups is 1. The molecule has 4 nitrogen and oxygen atoms in total. The van der Waals surface area contributed by atoms with Crippen molar-refractivity contribution in [3.63, 3.8) is 0 Å². The van der Waals surface area contributed by atoms with Gasteiger partial charge < -0.3 is 10.5 Å². The van der Waals surface area contributed by atoms with Crippen LogP contribution in [0.15, 0.2) is 47.1 Å². The maximum Gasteiger partial charge on any atom is 0.416 e. The molecule has 0 bridgehead atoms. The Balaban J connectivity index is 2.79. The normalized spacial score (nSPS) is 18.5. The average Bonchev–Trinajstić information content (AvgIpc) is 2.45. The van der Waals surface area contributed by atoms with E-state index in [0.717, 1.165) is 6.07 Å². The molecule has 1 aromatic rings. The Labute approximate surface area is 130 Å². The summed E-state index contributed by atoms with van der Waals surface area (Å²) in [7, 11) is 0. The maximum atomic E-state index is 13.3. The van der Waals surface area contributed by atoms with E-state index in [0.29, 0.717) is 0 Å². The van der Waals surface area contributed by atoms with Gasteiger partial charge in [0.25, 0.3) is 0 Å². The summed E-state index contributed by atoms with van der Waals surface area (Å²) in [4.78, 5) is 11.9. The molecule has 0 fully saturated rings. The van der Waals surface area contributed by atoms with Crippen molar-refractivity contribution in [2.45, 2.75) is 25.9 Å². The van der Waals surface area contributed by atoms with Crippen molar-refractivity contribution in [1.82, 2.24) is 0 Å². The van der Waals surface area contributed by atoms with Gasteiger partial charge in [0.05, 0.1) is 11.5 Å². The number of nitrogens with zero attached hydrogens (tertiary/aromatic N) is 1.